The van der Waals surface area contributed by atoms with Gasteiger partial charge in [-0.15, -0.1) is 6.58 Å². The summed E-state index contributed by atoms with van der Waals surface area (Å²) in [6.45, 7) is 11.7. The molecule has 20 heavy (non-hydrogen) atoms. The fraction of sp³-hybridized carbons (Fsp3) is 0.529. The maximum Gasteiger partial charge on any atom is 0.0637 e. The van der Waals surface area contributed by atoms with Crippen LogP contribution in [0.25, 0.3) is 0 Å². The second-order valence-corrected chi connectivity index (χ2v) is 4.80. The Kier molecular flexibility index (Phi) is 8.00. The number of para-hydroxylation sites is 1. The summed E-state index contributed by atoms with van der Waals surface area (Å²) in [5, 5.41) is 3.56. The molecule has 1 N–H and O–H groups in total. The maximum absolute atomic E-state index is 5.22. The number of benzene rings is 1. The van der Waals surface area contributed by atoms with Crippen molar-refractivity contribution in [2.24, 2.45) is 0 Å². The average molecular weight is 276 g/mol. The number of methoxy groups -OCH3 is 1. The van der Waals surface area contributed by atoms with Crippen LogP contribution in [-0.4, -0.2) is 33.4 Å². The molecule has 1 atom stereocenters. The van der Waals surface area contributed by atoms with Crippen LogP contribution in [0, 0.1) is 0 Å². The number of nitrogens with zero attached hydrogens (tertiary/aromatic N) is 1. The third kappa shape index (κ3) is 4.66. The molecule has 0 bridgehead atoms. The second-order valence-electron chi connectivity index (χ2n) is 4.80. The van der Waals surface area contributed by atoms with E-state index in [0.717, 1.165) is 32.7 Å². The first-order chi connectivity index (χ1) is 9.78. The fourth-order valence-corrected chi connectivity index (χ4v) is 2.46. The van der Waals surface area contributed by atoms with Gasteiger partial charge in [0.25, 0.3) is 0 Å². The summed E-state index contributed by atoms with van der Waals surface area (Å²) in [5.74, 6) is 0. The predicted molar refractivity (Wildman–Crippen MR) is 87.4 cm³/mol. The van der Waals surface area contributed by atoms with E-state index in [4.69, 9.17) is 4.74 Å². The number of anilines is 1. The summed E-state index contributed by atoms with van der Waals surface area (Å²) in [4.78, 5) is 2.33. The molecule has 1 aromatic rings. The third-order valence-corrected chi connectivity index (χ3v) is 3.43. The lowest BCUT2D eigenvalue weighted by Gasteiger charge is -2.29. The molecule has 0 aliphatic rings. The normalized spacial score (nSPS) is 12.2. The fourth-order valence-electron chi connectivity index (χ4n) is 2.46. The quantitative estimate of drug-likeness (QED) is 0.663. The Labute approximate surface area is 123 Å². The summed E-state index contributed by atoms with van der Waals surface area (Å²) >= 11 is 0. The molecule has 1 unspecified atom stereocenters. The standard InChI is InChI=1S/C17H28N2O/c1-5-12-19(13-14-20-4)17-11-9-8-10-15(17)16(6-2)18-7-3/h5,8-11,16,18H,1,6-7,12-14H2,2-4H3. The van der Waals surface area contributed by atoms with E-state index in [9.17, 15) is 0 Å². The van der Waals surface area contributed by atoms with Gasteiger partial charge in [0.2, 0.25) is 0 Å². The van der Waals surface area contributed by atoms with Crippen molar-refractivity contribution in [1.82, 2.24) is 5.32 Å². The summed E-state index contributed by atoms with van der Waals surface area (Å²) in [6, 6.07) is 9.01. The van der Waals surface area contributed by atoms with Gasteiger partial charge in [-0.1, -0.05) is 38.1 Å². The Morgan fingerprint density at radius 2 is 2.10 bits per heavy atom. The van der Waals surface area contributed by atoms with Gasteiger partial charge >= 0.3 is 0 Å². The van der Waals surface area contributed by atoms with Gasteiger partial charge in [-0.25, -0.2) is 0 Å². The van der Waals surface area contributed by atoms with Crippen LogP contribution in [0.5, 0.6) is 0 Å². The molecule has 0 saturated carbocycles. The Bertz CT molecular complexity index is 392. The van der Waals surface area contributed by atoms with Crippen molar-refractivity contribution in [2.75, 3.05) is 38.3 Å². The van der Waals surface area contributed by atoms with E-state index in [1.165, 1.54) is 11.3 Å². The van der Waals surface area contributed by atoms with Gasteiger partial charge in [0.15, 0.2) is 0 Å². The van der Waals surface area contributed by atoms with Crippen molar-refractivity contribution in [1.29, 1.82) is 0 Å². The Morgan fingerprint density at radius 3 is 2.70 bits per heavy atom. The van der Waals surface area contributed by atoms with Gasteiger partial charge in [-0.05, 0) is 24.6 Å². The minimum absolute atomic E-state index is 0.395. The Morgan fingerprint density at radius 1 is 1.35 bits per heavy atom. The van der Waals surface area contributed by atoms with E-state index in [1.807, 2.05) is 6.08 Å². The first kappa shape index (κ1) is 16.7. The smallest absolute Gasteiger partial charge is 0.0637 e. The predicted octanol–water partition coefficient (Wildman–Crippen LogP) is 3.39. The minimum Gasteiger partial charge on any atom is -0.383 e. The van der Waals surface area contributed by atoms with E-state index >= 15 is 0 Å². The summed E-state index contributed by atoms with van der Waals surface area (Å²) in [5.41, 5.74) is 2.63. The van der Waals surface area contributed by atoms with E-state index in [0.29, 0.717) is 6.04 Å². The van der Waals surface area contributed by atoms with Gasteiger partial charge in [0.1, 0.15) is 0 Å². The van der Waals surface area contributed by atoms with Crippen LogP contribution in [-0.2, 0) is 4.74 Å². The van der Waals surface area contributed by atoms with Crippen LogP contribution in [0.15, 0.2) is 36.9 Å². The lowest BCUT2D eigenvalue weighted by molar-refractivity contribution is 0.205. The zero-order valence-corrected chi connectivity index (χ0v) is 13.1. The van der Waals surface area contributed by atoms with Gasteiger partial charge in [0, 0.05) is 31.9 Å². The van der Waals surface area contributed by atoms with Crippen molar-refractivity contribution in [3.8, 4) is 0 Å². The van der Waals surface area contributed by atoms with Crippen LogP contribution in [0.4, 0.5) is 5.69 Å². The zero-order chi connectivity index (χ0) is 14.8. The molecular formula is C17H28N2O. The van der Waals surface area contributed by atoms with E-state index in [-0.39, 0.29) is 0 Å². The largest absolute Gasteiger partial charge is 0.383 e. The molecule has 112 valence electrons. The highest BCUT2D eigenvalue weighted by Crippen LogP contribution is 2.28. The minimum atomic E-state index is 0.395. The number of hydrogen-bond donors (Lipinski definition) is 1. The summed E-state index contributed by atoms with van der Waals surface area (Å²) < 4.78 is 5.22. The first-order valence-electron chi connectivity index (χ1n) is 7.45. The zero-order valence-electron chi connectivity index (χ0n) is 13.1. The van der Waals surface area contributed by atoms with Crippen molar-refractivity contribution in [3.05, 3.63) is 42.5 Å². The molecule has 0 fully saturated rings. The molecule has 0 aromatic heterocycles. The molecule has 3 nitrogen and oxygen atoms in total. The highest BCUT2D eigenvalue weighted by Gasteiger charge is 2.15. The average Bonchev–Trinajstić information content (AvgIpc) is 2.49. The molecule has 0 spiro atoms. The number of hydrogen-bond acceptors (Lipinski definition) is 3. The van der Waals surface area contributed by atoms with Crippen molar-refractivity contribution in [2.45, 2.75) is 26.3 Å². The molecule has 1 aromatic carbocycles. The lowest BCUT2D eigenvalue weighted by Crippen LogP contribution is -2.30. The number of rotatable bonds is 10. The molecule has 0 saturated heterocycles. The second kappa shape index (κ2) is 9.56. The van der Waals surface area contributed by atoms with Crippen LogP contribution in [0.3, 0.4) is 0 Å². The van der Waals surface area contributed by atoms with Crippen LogP contribution in [0.2, 0.25) is 0 Å². The summed E-state index contributed by atoms with van der Waals surface area (Å²) in [7, 11) is 1.74. The molecule has 1 rings (SSSR count). The van der Waals surface area contributed by atoms with Crippen LogP contribution in [0.1, 0.15) is 31.9 Å². The van der Waals surface area contributed by atoms with E-state index in [1.54, 1.807) is 7.11 Å². The lowest BCUT2D eigenvalue weighted by atomic mass is 10.0. The molecule has 0 aliphatic carbocycles. The highest BCUT2D eigenvalue weighted by atomic mass is 16.5. The number of ether oxygens (including phenoxy) is 1. The van der Waals surface area contributed by atoms with Gasteiger partial charge in [-0.3, -0.25) is 0 Å². The van der Waals surface area contributed by atoms with Gasteiger partial charge in [-0.2, -0.15) is 0 Å². The molecular weight excluding hydrogens is 248 g/mol. The highest BCUT2D eigenvalue weighted by molar-refractivity contribution is 5.55. The van der Waals surface area contributed by atoms with Crippen LogP contribution < -0.4 is 10.2 Å². The molecule has 0 radical (unpaired) electrons. The summed E-state index contributed by atoms with van der Waals surface area (Å²) in [6.07, 6.45) is 3.03. The van der Waals surface area contributed by atoms with Crippen molar-refractivity contribution < 1.29 is 4.74 Å². The molecule has 0 amide bonds. The monoisotopic (exact) mass is 276 g/mol. The van der Waals surface area contributed by atoms with Crippen LogP contribution >= 0.6 is 0 Å². The maximum atomic E-state index is 5.22. The SMILES string of the molecule is C=CCN(CCOC)c1ccccc1C(CC)NCC. The van der Waals surface area contributed by atoms with Crippen molar-refractivity contribution in [3.63, 3.8) is 0 Å². The Balaban J connectivity index is 3.03. The third-order valence-electron chi connectivity index (χ3n) is 3.43. The van der Waals surface area contributed by atoms with Gasteiger partial charge < -0.3 is 15.0 Å². The topological polar surface area (TPSA) is 24.5 Å². The molecule has 0 heterocycles. The van der Waals surface area contributed by atoms with Gasteiger partial charge in [0.05, 0.1) is 6.61 Å². The van der Waals surface area contributed by atoms with Crippen molar-refractivity contribution >= 4 is 5.69 Å². The Hall–Kier alpha value is -1.32. The molecule has 0 aliphatic heterocycles. The molecule has 3 heteroatoms. The first-order valence-corrected chi connectivity index (χ1v) is 7.45. The van der Waals surface area contributed by atoms with E-state index in [2.05, 4.69) is 54.9 Å². The number of nitrogens with one attached hydrogen (secondary N) is 1. The van der Waals surface area contributed by atoms with E-state index < -0.39 is 0 Å².